The van der Waals surface area contributed by atoms with Crippen molar-refractivity contribution < 1.29 is 28.3 Å². The maximum absolute atomic E-state index is 12.6. The van der Waals surface area contributed by atoms with Gasteiger partial charge in [-0.2, -0.15) is 0 Å². The van der Waals surface area contributed by atoms with E-state index in [0.717, 1.165) is 0 Å². The lowest BCUT2D eigenvalue weighted by Crippen LogP contribution is -2.28. The summed E-state index contributed by atoms with van der Waals surface area (Å²) in [6, 6.07) is 8.67. The standard InChI is InChI=1S/C15H23O6P/c1-4-20-22(18,21-5-2)11-13(15(17)19-3)14(16)12-9-7-6-8-10-12/h6-10,13-14,16H,4-5,11H2,1-3H3/t13-,14-/m0/s1. The van der Waals surface area contributed by atoms with Gasteiger partial charge in [-0.05, 0) is 19.4 Å². The van der Waals surface area contributed by atoms with Crippen LogP contribution in [0.2, 0.25) is 0 Å². The van der Waals surface area contributed by atoms with Crippen LogP contribution >= 0.6 is 7.60 Å². The molecular formula is C15H23O6P. The van der Waals surface area contributed by atoms with Gasteiger partial charge in [0, 0.05) is 0 Å². The molecule has 0 radical (unpaired) electrons. The Balaban J connectivity index is 3.02. The number of carbonyl (C=O) groups is 1. The van der Waals surface area contributed by atoms with Gasteiger partial charge in [-0.3, -0.25) is 9.36 Å². The van der Waals surface area contributed by atoms with Gasteiger partial charge in [0.15, 0.2) is 0 Å². The highest BCUT2D eigenvalue weighted by Gasteiger charge is 2.38. The van der Waals surface area contributed by atoms with E-state index in [2.05, 4.69) is 0 Å². The van der Waals surface area contributed by atoms with E-state index < -0.39 is 25.6 Å². The highest BCUT2D eigenvalue weighted by Crippen LogP contribution is 2.51. The first-order valence-electron chi connectivity index (χ1n) is 7.16. The third kappa shape index (κ3) is 5.21. The fourth-order valence-electron chi connectivity index (χ4n) is 2.11. The van der Waals surface area contributed by atoms with E-state index in [1.54, 1.807) is 44.2 Å². The lowest BCUT2D eigenvalue weighted by atomic mass is 9.97. The highest BCUT2D eigenvalue weighted by atomic mass is 31.2. The average Bonchev–Trinajstić information content (AvgIpc) is 2.52. The van der Waals surface area contributed by atoms with Crippen LogP contribution in [0.1, 0.15) is 25.5 Å². The van der Waals surface area contributed by atoms with Crippen LogP contribution in [-0.2, 0) is 23.1 Å². The van der Waals surface area contributed by atoms with Crippen molar-refractivity contribution in [2.24, 2.45) is 5.92 Å². The van der Waals surface area contributed by atoms with Gasteiger partial charge in [-0.1, -0.05) is 30.3 Å². The van der Waals surface area contributed by atoms with Crippen molar-refractivity contribution in [2.75, 3.05) is 26.5 Å². The number of hydrogen-bond donors (Lipinski definition) is 1. The molecule has 0 aliphatic rings. The third-order valence-electron chi connectivity index (χ3n) is 3.10. The van der Waals surface area contributed by atoms with E-state index in [4.69, 9.17) is 13.8 Å². The minimum Gasteiger partial charge on any atom is -0.469 e. The summed E-state index contributed by atoms with van der Waals surface area (Å²) in [7, 11) is -2.26. The van der Waals surface area contributed by atoms with Gasteiger partial charge in [-0.15, -0.1) is 0 Å². The number of carbonyl (C=O) groups excluding carboxylic acids is 1. The number of ether oxygens (including phenoxy) is 1. The second kappa shape index (κ2) is 9.06. The Labute approximate surface area is 130 Å². The van der Waals surface area contributed by atoms with Gasteiger partial charge in [0.05, 0.1) is 38.5 Å². The van der Waals surface area contributed by atoms with Crippen LogP contribution in [0.25, 0.3) is 0 Å². The monoisotopic (exact) mass is 330 g/mol. The maximum atomic E-state index is 12.6. The molecule has 1 aromatic carbocycles. The quantitative estimate of drug-likeness (QED) is 0.554. The van der Waals surface area contributed by atoms with Crippen molar-refractivity contribution in [2.45, 2.75) is 20.0 Å². The molecule has 0 fully saturated rings. The summed E-state index contributed by atoms with van der Waals surface area (Å²) in [4.78, 5) is 12.0. The first-order chi connectivity index (χ1) is 10.5. The van der Waals surface area contributed by atoms with Gasteiger partial charge < -0.3 is 18.9 Å². The van der Waals surface area contributed by atoms with Crippen LogP contribution in [0.4, 0.5) is 0 Å². The Kier molecular flexibility index (Phi) is 7.76. The lowest BCUT2D eigenvalue weighted by Gasteiger charge is -2.25. The fourth-order valence-corrected chi connectivity index (χ4v) is 4.02. The molecule has 0 aromatic heterocycles. The lowest BCUT2D eigenvalue weighted by molar-refractivity contribution is -0.148. The summed E-state index contributed by atoms with van der Waals surface area (Å²) in [5.41, 5.74) is 0.539. The summed E-state index contributed by atoms with van der Waals surface area (Å²) < 4.78 is 27.7. The molecule has 0 aliphatic heterocycles. The summed E-state index contributed by atoms with van der Waals surface area (Å²) >= 11 is 0. The molecule has 1 N–H and O–H groups in total. The van der Waals surface area contributed by atoms with Gasteiger partial charge in [0.1, 0.15) is 0 Å². The summed E-state index contributed by atoms with van der Waals surface area (Å²) in [6.45, 7) is 3.75. The summed E-state index contributed by atoms with van der Waals surface area (Å²) in [5.74, 6) is -1.69. The second-order valence-electron chi connectivity index (χ2n) is 4.61. The molecule has 1 aromatic rings. The molecule has 0 bridgehead atoms. The maximum Gasteiger partial charge on any atom is 0.331 e. The molecule has 0 amide bonds. The Morgan fingerprint density at radius 1 is 1.18 bits per heavy atom. The number of aliphatic hydroxyl groups excluding tert-OH is 1. The number of aliphatic hydroxyl groups is 1. The summed E-state index contributed by atoms with van der Waals surface area (Å²) in [6.07, 6.45) is -1.39. The molecule has 0 spiro atoms. The predicted octanol–water partition coefficient (Wildman–Crippen LogP) is 2.78. The van der Waals surface area contributed by atoms with E-state index in [-0.39, 0.29) is 19.4 Å². The Bertz CT molecular complexity index is 494. The SMILES string of the molecule is CCOP(=O)(C[C@H](C(=O)OC)[C@@H](O)c1ccccc1)OCC. The van der Waals surface area contributed by atoms with Crippen molar-refractivity contribution in [1.29, 1.82) is 0 Å². The molecule has 7 heteroatoms. The van der Waals surface area contributed by atoms with E-state index in [0.29, 0.717) is 5.56 Å². The average molecular weight is 330 g/mol. The molecule has 1 rings (SSSR count). The molecule has 0 aliphatic carbocycles. The van der Waals surface area contributed by atoms with Crippen molar-refractivity contribution in [3.05, 3.63) is 35.9 Å². The van der Waals surface area contributed by atoms with Gasteiger partial charge >= 0.3 is 13.6 Å². The van der Waals surface area contributed by atoms with Gasteiger partial charge in [0.2, 0.25) is 0 Å². The van der Waals surface area contributed by atoms with Crippen molar-refractivity contribution in [1.82, 2.24) is 0 Å². The Morgan fingerprint density at radius 2 is 1.73 bits per heavy atom. The van der Waals surface area contributed by atoms with Crippen LogP contribution in [0, 0.1) is 5.92 Å². The highest BCUT2D eigenvalue weighted by molar-refractivity contribution is 7.53. The molecule has 2 atom stereocenters. The Hall–Kier alpha value is -1.20. The van der Waals surface area contributed by atoms with E-state index in [1.165, 1.54) is 7.11 Å². The third-order valence-corrected chi connectivity index (χ3v) is 5.24. The minimum atomic E-state index is -3.48. The topological polar surface area (TPSA) is 82.1 Å². The number of esters is 1. The smallest absolute Gasteiger partial charge is 0.331 e. The first-order valence-corrected chi connectivity index (χ1v) is 8.89. The molecule has 0 unspecified atom stereocenters. The van der Waals surface area contributed by atoms with Crippen LogP contribution in [0.3, 0.4) is 0 Å². The predicted molar refractivity (Wildman–Crippen MR) is 82.6 cm³/mol. The molecule has 6 nitrogen and oxygen atoms in total. The van der Waals surface area contributed by atoms with Gasteiger partial charge in [-0.25, -0.2) is 0 Å². The molecule has 22 heavy (non-hydrogen) atoms. The number of benzene rings is 1. The van der Waals surface area contributed by atoms with E-state index in [9.17, 15) is 14.5 Å². The Morgan fingerprint density at radius 3 is 2.18 bits per heavy atom. The fraction of sp³-hybridized carbons (Fsp3) is 0.533. The normalized spacial score (nSPS) is 14.4. The number of rotatable bonds is 9. The first kappa shape index (κ1) is 18.8. The zero-order valence-electron chi connectivity index (χ0n) is 13.1. The van der Waals surface area contributed by atoms with Crippen LogP contribution in [0.15, 0.2) is 30.3 Å². The molecule has 124 valence electrons. The molecule has 0 heterocycles. The van der Waals surface area contributed by atoms with E-state index in [1.807, 2.05) is 0 Å². The molecule has 0 saturated carbocycles. The van der Waals surface area contributed by atoms with Crippen molar-refractivity contribution in [3.63, 3.8) is 0 Å². The van der Waals surface area contributed by atoms with Crippen molar-refractivity contribution in [3.8, 4) is 0 Å². The zero-order chi connectivity index (χ0) is 16.6. The van der Waals surface area contributed by atoms with Crippen LogP contribution in [0.5, 0.6) is 0 Å². The number of methoxy groups -OCH3 is 1. The number of hydrogen-bond acceptors (Lipinski definition) is 6. The second-order valence-corrected chi connectivity index (χ2v) is 6.72. The van der Waals surface area contributed by atoms with Crippen molar-refractivity contribution >= 4 is 13.6 Å². The van der Waals surface area contributed by atoms with Crippen LogP contribution in [-0.4, -0.2) is 37.6 Å². The molecule has 0 saturated heterocycles. The summed E-state index contributed by atoms with van der Waals surface area (Å²) in [5, 5.41) is 10.4. The van der Waals surface area contributed by atoms with Gasteiger partial charge in [0.25, 0.3) is 0 Å². The van der Waals surface area contributed by atoms with Crippen LogP contribution < -0.4 is 0 Å². The minimum absolute atomic E-state index is 0.187. The molecular weight excluding hydrogens is 307 g/mol. The largest absolute Gasteiger partial charge is 0.469 e. The van der Waals surface area contributed by atoms with E-state index >= 15 is 0 Å². The zero-order valence-corrected chi connectivity index (χ0v) is 14.0.